The third-order valence-electron chi connectivity index (χ3n) is 0.733. The Labute approximate surface area is 97.9 Å². The second kappa shape index (κ2) is 22.7. The minimum absolute atomic E-state index is 1.29. The Morgan fingerprint density at radius 2 is 1.00 bits per heavy atom. The van der Waals surface area contributed by atoms with Crippen LogP contribution in [0, 0.1) is 3.57 Å². The molecular formula is C12H23I. The molecule has 0 radical (unpaired) electrons. The minimum Gasteiger partial charge on any atom is -0.0683 e. The van der Waals surface area contributed by atoms with Crippen LogP contribution in [-0.2, 0) is 0 Å². The smallest absolute Gasteiger partial charge is 0.0130 e. The Balaban J connectivity index is -0.000000144. The van der Waals surface area contributed by atoms with Crippen molar-refractivity contribution in [1.82, 2.24) is 0 Å². The van der Waals surface area contributed by atoms with Crippen LogP contribution in [0.15, 0.2) is 30.3 Å². The van der Waals surface area contributed by atoms with E-state index in [2.05, 4.69) is 34.7 Å². The number of rotatable bonds is 0. The van der Waals surface area contributed by atoms with Gasteiger partial charge < -0.3 is 0 Å². The Morgan fingerprint density at radius 3 is 1.15 bits per heavy atom. The van der Waals surface area contributed by atoms with Gasteiger partial charge in [0.1, 0.15) is 0 Å². The third-order valence-corrected chi connectivity index (χ3v) is 1.45. The lowest BCUT2D eigenvalue weighted by molar-refractivity contribution is 1.50. The predicted molar refractivity (Wildman–Crippen MR) is 73.2 cm³/mol. The molecule has 0 N–H and O–H groups in total. The van der Waals surface area contributed by atoms with Crippen LogP contribution in [0.4, 0.5) is 0 Å². The normalized spacial score (nSPS) is 6.08. The highest BCUT2D eigenvalue weighted by atomic mass is 127. The van der Waals surface area contributed by atoms with Gasteiger partial charge in [0.2, 0.25) is 0 Å². The van der Waals surface area contributed by atoms with Gasteiger partial charge in [-0.2, -0.15) is 0 Å². The molecule has 0 saturated heterocycles. The van der Waals surface area contributed by atoms with Gasteiger partial charge in [-0.1, -0.05) is 59.7 Å². The van der Waals surface area contributed by atoms with E-state index in [4.69, 9.17) is 0 Å². The number of hydrogen-bond acceptors (Lipinski definition) is 0. The average molecular weight is 294 g/mol. The maximum atomic E-state index is 2.28. The molecule has 0 atom stereocenters. The van der Waals surface area contributed by atoms with E-state index in [0.717, 1.165) is 0 Å². The first-order valence-corrected chi connectivity index (χ1v) is 6.18. The molecular weight excluding hydrogens is 271 g/mol. The van der Waals surface area contributed by atoms with E-state index in [0.29, 0.717) is 0 Å². The number of hydrogen-bond donors (Lipinski definition) is 0. The molecule has 0 aliphatic carbocycles. The van der Waals surface area contributed by atoms with Crippen LogP contribution >= 0.6 is 22.6 Å². The topological polar surface area (TPSA) is 0 Å². The van der Waals surface area contributed by atoms with Crippen LogP contribution in [-0.4, -0.2) is 0 Å². The van der Waals surface area contributed by atoms with Crippen LogP contribution in [0.2, 0.25) is 0 Å². The van der Waals surface area contributed by atoms with Gasteiger partial charge in [0.05, 0.1) is 0 Å². The van der Waals surface area contributed by atoms with Gasteiger partial charge in [0.25, 0.3) is 0 Å². The van der Waals surface area contributed by atoms with Crippen LogP contribution in [0.1, 0.15) is 41.5 Å². The summed E-state index contributed by atoms with van der Waals surface area (Å²) >= 11 is 2.28. The lowest BCUT2D eigenvalue weighted by atomic mass is 10.4. The van der Waals surface area contributed by atoms with Gasteiger partial charge in [0.15, 0.2) is 0 Å². The first-order valence-electron chi connectivity index (χ1n) is 5.10. The first-order chi connectivity index (χ1) is 6.39. The second-order valence-electron chi connectivity index (χ2n) is 1.30. The van der Waals surface area contributed by atoms with Gasteiger partial charge in [-0.25, -0.2) is 0 Å². The Kier molecular flexibility index (Phi) is 32.6. The fourth-order valence-corrected chi connectivity index (χ4v) is 0.830. The highest BCUT2D eigenvalue weighted by Gasteiger charge is 1.74. The molecule has 0 heterocycles. The zero-order chi connectivity index (χ0) is 11.1. The highest BCUT2D eigenvalue weighted by molar-refractivity contribution is 14.1. The van der Waals surface area contributed by atoms with Crippen molar-refractivity contribution < 1.29 is 0 Å². The Bertz CT molecular complexity index is 135. The summed E-state index contributed by atoms with van der Waals surface area (Å²) in [6.07, 6.45) is 0. The average Bonchev–Trinajstić information content (AvgIpc) is 2.28. The molecule has 0 fully saturated rings. The maximum Gasteiger partial charge on any atom is 0.0130 e. The molecule has 78 valence electrons. The first kappa shape index (κ1) is 18.7. The van der Waals surface area contributed by atoms with Crippen molar-refractivity contribution >= 4 is 22.6 Å². The molecule has 1 aromatic rings. The molecule has 0 unspecified atom stereocenters. The molecule has 13 heavy (non-hydrogen) atoms. The molecule has 0 aliphatic heterocycles. The van der Waals surface area contributed by atoms with E-state index in [1.165, 1.54) is 3.57 Å². The van der Waals surface area contributed by atoms with Crippen LogP contribution in [0.25, 0.3) is 0 Å². The molecule has 0 aromatic heterocycles. The van der Waals surface area contributed by atoms with E-state index >= 15 is 0 Å². The van der Waals surface area contributed by atoms with E-state index in [9.17, 15) is 0 Å². The molecule has 0 bridgehead atoms. The maximum absolute atomic E-state index is 2.28. The van der Waals surface area contributed by atoms with Gasteiger partial charge in [-0.05, 0) is 34.7 Å². The SMILES string of the molecule is CC.CC.CC.Ic1ccccc1. The van der Waals surface area contributed by atoms with E-state index in [-0.39, 0.29) is 0 Å². The molecule has 1 aromatic carbocycles. The number of halogens is 1. The summed E-state index contributed by atoms with van der Waals surface area (Å²) in [5, 5.41) is 0. The fraction of sp³-hybridized carbons (Fsp3) is 0.500. The van der Waals surface area contributed by atoms with Crippen molar-refractivity contribution in [3.05, 3.63) is 33.9 Å². The van der Waals surface area contributed by atoms with Crippen molar-refractivity contribution in [2.75, 3.05) is 0 Å². The largest absolute Gasteiger partial charge is 0.0683 e. The molecule has 1 rings (SSSR count). The lowest BCUT2D eigenvalue weighted by Crippen LogP contribution is -1.61. The summed E-state index contributed by atoms with van der Waals surface area (Å²) in [7, 11) is 0. The molecule has 1 heteroatoms. The zero-order valence-electron chi connectivity index (χ0n) is 9.76. The van der Waals surface area contributed by atoms with Crippen molar-refractivity contribution in [2.24, 2.45) is 0 Å². The molecule has 0 aliphatic rings. The van der Waals surface area contributed by atoms with E-state index in [1.54, 1.807) is 0 Å². The minimum atomic E-state index is 1.29. The molecule has 0 spiro atoms. The van der Waals surface area contributed by atoms with Gasteiger partial charge in [-0.15, -0.1) is 0 Å². The Hall–Kier alpha value is -0.0500. The van der Waals surface area contributed by atoms with Crippen molar-refractivity contribution in [3.8, 4) is 0 Å². The van der Waals surface area contributed by atoms with E-state index < -0.39 is 0 Å². The van der Waals surface area contributed by atoms with E-state index in [1.807, 2.05) is 59.7 Å². The zero-order valence-corrected chi connectivity index (χ0v) is 11.9. The quantitative estimate of drug-likeness (QED) is 0.564. The van der Waals surface area contributed by atoms with Crippen LogP contribution in [0.5, 0.6) is 0 Å². The molecule has 0 nitrogen and oxygen atoms in total. The Morgan fingerprint density at radius 1 is 0.692 bits per heavy atom. The van der Waals surface area contributed by atoms with Crippen LogP contribution < -0.4 is 0 Å². The second-order valence-corrected chi connectivity index (χ2v) is 2.54. The van der Waals surface area contributed by atoms with Gasteiger partial charge in [0, 0.05) is 3.57 Å². The fourth-order valence-electron chi connectivity index (χ4n) is 0.415. The van der Waals surface area contributed by atoms with Crippen LogP contribution in [0.3, 0.4) is 0 Å². The summed E-state index contributed by atoms with van der Waals surface area (Å²) < 4.78 is 1.29. The van der Waals surface area contributed by atoms with Crippen molar-refractivity contribution in [2.45, 2.75) is 41.5 Å². The monoisotopic (exact) mass is 294 g/mol. The summed E-state index contributed by atoms with van der Waals surface area (Å²) in [4.78, 5) is 0. The number of benzene rings is 1. The summed E-state index contributed by atoms with van der Waals surface area (Å²) in [6.45, 7) is 12.0. The summed E-state index contributed by atoms with van der Waals surface area (Å²) in [6, 6.07) is 10.2. The summed E-state index contributed by atoms with van der Waals surface area (Å²) in [5.74, 6) is 0. The van der Waals surface area contributed by atoms with Crippen molar-refractivity contribution in [3.63, 3.8) is 0 Å². The van der Waals surface area contributed by atoms with Gasteiger partial charge in [-0.3, -0.25) is 0 Å². The molecule has 0 amide bonds. The van der Waals surface area contributed by atoms with Crippen molar-refractivity contribution in [1.29, 1.82) is 0 Å². The summed E-state index contributed by atoms with van der Waals surface area (Å²) in [5.41, 5.74) is 0. The lowest BCUT2D eigenvalue weighted by Gasteiger charge is -1.80. The molecule has 0 saturated carbocycles. The van der Waals surface area contributed by atoms with Gasteiger partial charge >= 0.3 is 0 Å². The highest BCUT2D eigenvalue weighted by Crippen LogP contribution is 1.99. The predicted octanol–water partition coefficient (Wildman–Crippen LogP) is 5.37. The standard InChI is InChI=1S/C6H5I.3C2H6/c7-6-4-2-1-3-5-6;3*1-2/h1-5H;3*1-2H3. The third kappa shape index (κ3) is 18.7.